The molecule has 0 fully saturated rings. The van der Waals surface area contributed by atoms with Gasteiger partial charge in [-0.25, -0.2) is 0 Å². The topological polar surface area (TPSA) is 51.6 Å². The summed E-state index contributed by atoms with van der Waals surface area (Å²) in [5, 5.41) is 12.2. The van der Waals surface area contributed by atoms with Gasteiger partial charge in [-0.1, -0.05) is 0 Å². The van der Waals surface area contributed by atoms with Gasteiger partial charge in [-0.15, -0.1) is 11.3 Å². The van der Waals surface area contributed by atoms with E-state index in [1.54, 1.807) is 19.5 Å². The Morgan fingerprint density at radius 3 is 2.63 bits per heavy atom. The van der Waals surface area contributed by atoms with Gasteiger partial charge in [0.1, 0.15) is 17.6 Å². The lowest BCUT2D eigenvalue weighted by atomic mass is 10.1. The number of ether oxygens (including phenoxy) is 2. The zero-order valence-corrected chi connectivity index (χ0v) is 12.0. The molecule has 1 atom stereocenters. The molecule has 1 unspecified atom stereocenters. The number of methoxy groups -OCH3 is 1. The van der Waals surface area contributed by atoms with Crippen molar-refractivity contribution in [2.45, 2.75) is 26.1 Å². The number of aliphatic hydroxyl groups is 1. The van der Waals surface area contributed by atoms with Gasteiger partial charge in [-0.3, -0.25) is 4.98 Å². The van der Waals surface area contributed by atoms with Gasteiger partial charge in [0, 0.05) is 22.0 Å². The van der Waals surface area contributed by atoms with Gasteiger partial charge in [0.2, 0.25) is 0 Å². The Morgan fingerprint density at radius 2 is 2.00 bits per heavy atom. The Bertz CT molecular complexity index is 539. The number of hydrogen-bond donors (Lipinski definition) is 1. The van der Waals surface area contributed by atoms with Crippen LogP contribution in [0, 0.1) is 0 Å². The van der Waals surface area contributed by atoms with E-state index in [9.17, 15) is 5.11 Å². The van der Waals surface area contributed by atoms with E-state index >= 15 is 0 Å². The number of nitrogens with zero attached hydrogens (tertiary/aromatic N) is 1. The van der Waals surface area contributed by atoms with Crippen LogP contribution in [0.25, 0.3) is 0 Å². The predicted molar refractivity (Wildman–Crippen MR) is 74.9 cm³/mol. The molecular formula is C14H17NO3S. The van der Waals surface area contributed by atoms with Crippen molar-refractivity contribution >= 4 is 11.3 Å². The molecule has 19 heavy (non-hydrogen) atoms. The summed E-state index contributed by atoms with van der Waals surface area (Å²) in [7, 11) is 1.61. The van der Waals surface area contributed by atoms with Crippen molar-refractivity contribution in [3.63, 3.8) is 0 Å². The molecule has 0 aromatic carbocycles. The van der Waals surface area contributed by atoms with Gasteiger partial charge in [0.05, 0.1) is 19.4 Å². The average Bonchev–Trinajstić information content (AvgIpc) is 2.86. The van der Waals surface area contributed by atoms with E-state index in [0.717, 1.165) is 10.6 Å². The number of aliphatic hydroxyl groups excluding tert-OH is 1. The van der Waals surface area contributed by atoms with Crippen LogP contribution in [-0.4, -0.2) is 23.3 Å². The molecule has 2 heterocycles. The summed E-state index contributed by atoms with van der Waals surface area (Å²) < 4.78 is 10.7. The van der Waals surface area contributed by atoms with Gasteiger partial charge < -0.3 is 14.6 Å². The minimum atomic E-state index is -0.711. The molecule has 5 heteroatoms. The zero-order valence-electron chi connectivity index (χ0n) is 11.2. The number of rotatable bonds is 5. The summed E-state index contributed by atoms with van der Waals surface area (Å²) in [5.74, 6) is 1.41. The smallest absolute Gasteiger partial charge is 0.138 e. The largest absolute Gasteiger partial charge is 0.496 e. The number of thiophene rings is 1. The number of hydrogen-bond acceptors (Lipinski definition) is 5. The first kappa shape index (κ1) is 13.8. The maximum Gasteiger partial charge on any atom is 0.138 e. The Morgan fingerprint density at radius 1 is 1.21 bits per heavy atom. The van der Waals surface area contributed by atoms with Crippen molar-refractivity contribution in [1.29, 1.82) is 0 Å². The highest BCUT2D eigenvalue weighted by atomic mass is 32.1. The fourth-order valence-corrected chi connectivity index (χ4v) is 2.54. The van der Waals surface area contributed by atoms with Crippen molar-refractivity contribution < 1.29 is 14.6 Å². The van der Waals surface area contributed by atoms with E-state index in [4.69, 9.17) is 9.47 Å². The van der Waals surface area contributed by atoms with Crippen LogP contribution in [0.4, 0.5) is 0 Å². The maximum atomic E-state index is 10.3. The zero-order chi connectivity index (χ0) is 13.8. The summed E-state index contributed by atoms with van der Waals surface area (Å²) in [6, 6.07) is 3.63. The lowest BCUT2D eigenvalue weighted by molar-refractivity contribution is 0.218. The van der Waals surface area contributed by atoms with Gasteiger partial charge in [-0.2, -0.15) is 0 Å². The minimum absolute atomic E-state index is 0.0797. The first-order valence-corrected chi connectivity index (χ1v) is 6.90. The molecule has 0 saturated carbocycles. The highest BCUT2D eigenvalue weighted by Crippen LogP contribution is 2.31. The second-order valence-electron chi connectivity index (χ2n) is 4.41. The van der Waals surface area contributed by atoms with Crippen molar-refractivity contribution in [2.75, 3.05) is 7.11 Å². The Kier molecular flexibility index (Phi) is 4.39. The van der Waals surface area contributed by atoms with Crippen LogP contribution < -0.4 is 9.47 Å². The van der Waals surface area contributed by atoms with E-state index in [1.807, 2.05) is 31.4 Å². The van der Waals surface area contributed by atoms with E-state index in [1.165, 1.54) is 11.3 Å². The van der Waals surface area contributed by atoms with Gasteiger partial charge in [-0.05, 0) is 26.0 Å². The van der Waals surface area contributed by atoms with Crippen LogP contribution in [0.2, 0.25) is 0 Å². The van der Waals surface area contributed by atoms with Crippen LogP contribution in [0.1, 0.15) is 30.4 Å². The van der Waals surface area contributed by atoms with E-state index < -0.39 is 6.10 Å². The molecule has 4 nitrogen and oxygen atoms in total. The molecule has 0 radical (unpaired) electrons. The van der Waals surface area contributed by atoms with E-state index in [-0.39, 0.29) is 6.10 Å². The van der Waals surface area contributed by atoms with Gasteiger partial charge >= 0.3 is 0 Å². The minimum Gasteiger partial charge on any atom is -0.496 e. The lowest BCUT2D eigenvalue weighted by Crippen LogP contribution is -2.07. The second-order valence-corrected chi connectivity index (χ2v) is 5.35. The fourth-order valence-electron chi connectivity index (χ4n) is 1.67. The van der Waals surface area contributed by atoms with Crippen LogP contribution in [0.5, 0.6) is 11.5 Å². The monoisotopic (exact) mass is 279 g/mol. The molecule has 0 aliphatic rings. The third-order valence-corrected chi connectivity index (χ3v) is 3.49. The van der Waals surface area contributed by atoms with Crippen LogP contribution in [0.3, 0.4) is 0 Å². The molecule has 0 aliphatic carbocycles. The quantitative estimate of drug-likeness (QED) is 0.914. The Labute approximate surface area is 116 Å². The highest BCUT2D eigenvalue weighted by Gasteiger charge is 2.15. The highest BCUT2D eigenvalue weighted by molar-refractivity contribution is 7.10. The molecule has 0 amide bonds. The third kappa shape index (κ3) is 3.45. The van der Waals surface area contributed by atoms with Gasteiger partial charge in [0.15, 0.2) is 0 Å². The van der Waals surface area contributed by atoms with Crippen molar-refractivity contribution in [2.24, 2.45) is 0 Å². The predicted octanol–water partition coefficient (Wildman–Crippen LogP) is 3.02. The second kappa shape index (κ2) is 6.04. The summed E-state index contributed by atoms with van der Waals surface area (Å²) in [5.41, 5.74) is 0.711. The Hall–Kier alpha value is -1.59. The first-order valence-electron chi connectivity index (χ1n) is 6.02. The maximum absolute atomic E-state index is 10.3. The normalized spacial score (nSPS) is 12.5. The van der Waals surface area contributed by atoms with Crippen LogP contribution >= 0.6 is 11.3 Å². The summed E-state index contributed by atoms with van der Waals surface area (Å²) in [4.78, 5) is 4.92. The standard InChI is InChI=1S/C14H17NO3S/c1-9(2)18-11-4-10(6-15-7-11)14(16)13-5-12(17-3)8-19-13/h4-9,14,16H,1-3H3. The summed E-state index contributed by atoms with van der Waals surface area (Å²) >= 11 is 1.45. The van der Waals surface area contributed by atoms with E-state index in [0.29, 0.717) is 11.3 Å². The lowest BCUT2D eigenvalue weighted by Gasteiger charge is -2.12. The molecule has 102 valence electrons. The molecular weight excluding hydrogens is 262 g/mol. The van der Waals surface area contributed by atoms with Gasteiger partial charge in [0.25, 0.3) is 0 Å². The average molecular weight is 279 g/mol. The SMILES string of the molecule is COc1csc(C(O)c2cncc(OC(C)C)c2)c1. The fraction of sp³-hybridized carbons (Fsp3) is 0.357. The van der Waals surface area contributed by atoms with Crippen molar-refractivity contribution in [3.8, 4) is 11.5 Å². The summed E-state index contributed by atoms with van der Waals surface area (Å²) in [6.07, 6.45) is 2.66. The third-order valence-electron chi connectivity index (χ3n) is 2.52. The number of pyridine rings is 1. The van der Waals surface area contributed by atoms with Crippen molar-refractivity contribution in [3.05, 3.63) is 40.3 Å². The van der Waals surface area contributed by atoms with Crippen molar-refractivity contribution in [1.82, 2.24) is 4.98 Å². The first-order chi connectivity index (χ1) is 9.10. The summed E-state index contributed by atoms with van der Waals surface area (Å²) in [6.45, 7) is 3.90. The van der Waals surface area contributed by atoms with Crippen LogP contribution in [-0.2, 0) is 0 Å². The molecule has 2 aromatic rings. The molecule has 0 bridgehead atoms. The molecule has 2 rings (SSSR count). The molecule has 1 N–H and O–H groups in total. The van der Waals surface area contributed by atoms with Crippen LogP contribution in [0.15, 0.2) is 29.9 Å². The number of aromatic nitrogens is 1. The molecule has 0 spiro atoms. The Balaban J connectivity index is 2.20. The van der Waals surface area contributed by atoms with E-state index in [2.05, 4.69) is 4.98 Å². The molecule has 0 aliphatic heterocycles. The molecule has 0 saturated heterocycles. The molecule has 2 aromatic heterocycles.